The van der Waals surface area contributed by atoms with Gasteiger partial charge < -0.3 is 10.1 Å². The molecule has 0 radical (unpaired) electrons. The molecule has 6 heteroatoms. The summed E-state index contributed by atoms with van der Waals surface area (Å²) in [7, 11) is 0. The van der Waals surface area contributed by atoms with Gasteiger partial charge in [-0.1, -0.05) is 0 Å². The average molecular weight is 313 g/mol. The summed E-state index contributed by atoms with van der Waals surface area (Å²) < 4.78 is 40.3. The molecular formula is C15H14F3NOS. The Bertz CT molecular complexity index is 595. The second-order valence-electron chi connectivity index (χ2n) is 4.88. The molecule has 1 aromatic heterocycles. The molecule has 2 aromatic rings. The number of alkyl halides is 3. The Balaban J connectivity index is 1.81. The predicted molar refractivity (Wildman–Crippen MR) is 76.7 cm³/mol. The molecule has 2 nitrogen and oxygen atoms in total. The van der Waals surface area contributed by atoms with E-state index in [4.69, 9.17) is 0 Å². The number of fused-ring (bicyclic) bond motifs is 1. The topological polar surface area (TPSA) is 21.3 Å². The summed E-state index contributed by atoms with van der Waals surface area (Å²) in [4.78, 5) is 2.46. The molecule has 3 rings (SSSR count). The molecule has 0 amide bonds. The molecule has 0 bridgehead atoms. The first-order chi connectivity index (χ1) is 10.0. The summed E-state index contributed by atoms with van der Waals surface area (Å²) in [5.74, 6) is -0.187. The van der Waals surface area contributed by atoms with Crippen LogP contribution in [0.15, 0.2) is 30.3 Å². The van der Waals surface area contributed by atoms with Gasteiger partial charge in [0.25, 0.3) is 0 Å². The van der Waals surface area contributed by atoms with Crippen molar-refractivity contribution in [2.24, 2.45) is 0 Å². The van der Waals surface area contributed by atoms with Crippen LogP contribution in [0.1, 0.15) is 10.4 Å². The number of rotatable bonds is 2. The van der Waals surface area contributed by atoms with Crippen LogP contribution >= 0.6 is 11.3 Å². The van der Waals surface area contributed by atoms with Gasteiger partial charge >= 0.3 is 6.36 Å². The Morgan fingerprint density at radius 3 is 2.48 bits per heavy atom. The summed E-state index contributed by atoms with van der Waals surface area (Å²) in [6, 6.07) is 8.20. The number of hydrogen-bond donors (Lipinski definition) is 1. The highest BCUT2D eigenvalue weighted by Crippen LogP contribution is 2.34. The van der Waals surface area contributed by atoms with E-state index in [1.807, 2.05) is 0 Å². The van der Waals surface area contributed by atoms with Gasteiger partial charge in [0.1, 0.15) is 5.75 Å². The zero-order chi connectivity index (χ0) is 14.9. The third kappa shape index (κ3) is 3.57. The molecule has 0 aliphatic carbocycles. The highest BCUT2D eigenvalue weighted by Gasteiger charge is 2.31. The molecule has 0 unspecified atom stereocenters. The van der Waals surface area contributed by atoms with Crippen LogP contribution < -0.4 is 10.1 Å². The smallest absolute Gasteiger partial charge is 0.406 e. The minimum Gasteiger partial charge on any atom is -0.406 e. The van der Waals surface area contributed by atoms with E-state index < -0.39 is 6.36 Å². The number of thiophene rings is 1. The van der Waals surface area contributed by atoms with Crippen molar-refractivity contribution in [1.82, 2.24) is 5.32 Å². The fourth-order valence-corrected chi connectivity index (χ4v) is 3.62. The van der Waals surface area contributed by atoms with Crippen molar-refractivity contribution < 1.29 is 17.9 Å². The molecule has 112 valence electrons. The van der Waals surface area contributed by atoms with E-state index in [0.717, 1.165) is 36.4 Å². The summed E-state index contributed by atoms with van der Waals surface area (Å²) in [5, 5.41) is 3.35. The maximum absolute atomic E-state index is 12.1. The lowest BCUT2D eigenvalue weighted by Gasteiger charge is -2.08. The molecule has 2 heterocycles. The van der Waals surface area contributed by atoms with Crippen LogP contribution in [0.5, 0.6) is 5.75 Å². The molecule has 21 heavy (non-hydrogen) atoms. The van der Waals surface area contributed by atoms with Gasteiger partial charge in [0, 0.05) is 9.75 Å². The lowest BCUT2D eigenvalue weighted by atomic mass is 10.1. The number of halogens is 3. The lowest BCUT2D eigenvalue weighted by Crippen LogP contribution is -2.16. The lowest BCUT2D eigenvalue weighted by molar-refractivity contribution is -0.274. The van der Waals surface area contributed by atoms with Crippen molar-refractivity contribution in [3.05, 3.63) is 40.8 Å². The SMILES string of the molecule is FC(F)(F)Oc1ccc(-c2cc3c(s2)CCNCC3)cc1. The number of ether oxygens (including phenoxy) is 1. The third-order valence-corrected chi connectivity index (χ3v) is 4.66. The number of nitrogens with one attached hydrogen (secondary N) is 1. The van der Waals surface area contributed by atoms with Crippen molar-refractivity contribution in [2.75, 3.05) is 13.1 Å². The Morgan fingerprint density at radius 2 is 1.76 bits per heavy atom. The van der Waals surface area contributed by atoms with E-state index in [9.17, 15) is 13.2 Å². The molecule has 1 aliphatic heterocycles. The molecule has 1 N–H and O–H groups in total. The normalized spacial score (nSPS) is 15.4. The molecule has 0 fully saturated rings. The van der Waals surface area contributed by atoms with Gasteiger partial charge in [0.2, 0.25) is 0 Å². The van der Waals surface area contributed by atoms with Crippen LogP contribution in [0.4, 0.5) is 13.2 Å². The maximum Gasteiger partial charge on any atom is 0.573 e. The van der Waals surface area contributed by atoms with Crippen LogP contribution in [0.25, 0.3) is 10.4 Å². The molecule has 1 aromatic carbocycles. The van der Waals surface area contributed by atoms with Crippen molar-refractivity contribution >= 4 is 11.3 Å². The Hall–Kier alpha value is -1.53. The first-order valence-corrected chi connectivity index (χ1v) is 7.51. The molecular weight excluding hydrogens is 299 g/mol. The van der Waals surface area contributed by atoms with Crippen molar-refractivity contribution in [3.63, 3.8) is 0 Å². The van der Waals surface area contributed by atoms with Gasteiger partial charge in [0.15, 0.2) is 0 Å². The Kier molecular flexibility index (Phi) is 3.91. The highest BCUT2D eigenvalue weighted by atomic mass is 32.1. The molecule has 1 aliphatic rings. The summed E-state index contributed by atoms with van der Waals surface area (Å²) in [6.07, 6.45) is -2.63. The Morgan fingerprint density at radius 1 is 1.05 bits per heavy atom. The zero-order valence-corrected chi connectivity index (χ0v) is 12.0. The van der Waals surface area contributed by atoms with Gasteiger partial charge in [-0.3, -0.25) is 0 Å². The second-order valence-corrected chi connectivity index (χ2v) is 6.02. The minimum atomic E-state index is -4.64. The van der Waals surface area contributed by atoms with Gasteiger partial charge in [0.05, 0.1) is 0 Å². The van der Waals surface area contributed by atoms with Gasteiger partial charge in [-0.05, 0) is 67.4 Å². The Labute approximate surface area is 124 Å². The van der Waals surface area contributed by atoms with E-state index in [1.165, 1.54) is 22.6 Å². The van der Waals surface area contributed by atoms with Crippen LogP contribution in [0, 0.1) is 0 Å². The number of hydrogen-bond acceptors (Lipinski definition) is 3. The van der Waals surface area contributed by atoms with Crippen molar-refractivity contribution in [1.29, 1.82) is 0 Å². The molecule has 0 saturated carbocycles. The minimum absolute atomic E-state index is 0.187. The average Bonchev–Trinajstić information content (AvgIpc) is 2.69. The highest BCUT2D eigenvalue weighted by molar-refractivity contribution is 7.15. The standard InChI is InChI=1S/C15H14F3NOS/c16-15(17,18)20-12-3-1-10(2-4-12)14-9-11-5-7-19-8-6-13(11)21-14/h1-4,9,19H,5-8H2. The van der Waals surface area contributed by atoms with Crippen molar-refractivity contribution in [3.8, 4) is 16.2 Å². The van der Waals surface area contributed by atoms with E-state index in [2.05, 4.69) is 16.1 Å². The summed E-state index contributed by atoms with van der Waals surface area (Å²) >= 11 is 1.72. The quantitative estimate of drug-likeness (QED) is 0.905. The summed E-state index contributed by atoms with van der Waals surface area (Å²) in [5.41, 5.74) is 2.27. The van der Waals surface area contributed by atoms with Crippen LogP contribution in [0.3, 0.4) is 0 Å². The third-order valence-electron chi connectivity index (χ3n) is 3.37. The predicted octanol–water partition coefficient (Wildman–Crippen LogP) is 4.00. The molecule has 0 saturated heterocycles. The fraction of sp³-hybridized carbons (Fsp3) is 0.333. The zero-order valence-electron chi connectivity index (χ0n) is 11.2. The van der Waals surface area contributed by atoms with E-state index in [-0.39, 0.29) is 5.75 Å². The molecule has 0 spiro atoms. The van der Waals surface area contributed by atoms with Gasteiger partial charge in [-0.15, -0.1) is 24.5 Å². The molecule has 0 atom stereocenters. The fourth-order valence-electron chi connectivity index (χ4n) is 2.40. The first-order valence-electron chi connectivity index (χ1n) is 6.70. The van der Waals surface area contributed by atoms with E-state index >= 15 is 0 Å². The van der Waals surface area contributed by atoms with E-state index in [0.29, 0.717) is 0 Å². The maximum atomic E-state index is 12.1. The van der Waals surface area contributed by atoms with Crippen LogP contribution in [0.2, 0.25) is 0 Å². The van der Waals surface area contributed by atoms with Crippen LogP contribution in [-0.4, -0.2) is 19.5 Å². The summed E-state index contributed by atoms with van der Waals surface area (Å²) in [6.45, 7) is 1.95. The van der Waals surface area contributed by atoms with Crippen molar-refractivity contribution in [2.45, 2.75) is 19.2 Å². The van der Waals surface area contributed by atoms with Gasteiger partial charge in [-0.2, -0.15) is 0 Å². The van der Waals surface area contributed by atoms with Gasteiger partial charge in [-0.25, -0.2) is 0 Å². The largest absolute Gasteiger partial charge is 0.573 e. The van der Waals surface area contributed by atoms with E-state index in [1.54, 1.807) is 23.5 Å². The first kappa shape index (κ1) is 14.4. The second kappa shape index (κ2) is 5.69. The monoisotopic (exact) mass is 313 g/mol. The van der Waals surface area contributed by atoms with Crippen LogP contribution in [-0.2, 0) is 12.8 Å². The number of benzene rings is 1.